The summed E-state index contributed by atoms with van der Waals surface area (Å²) >= 11 is 0. The predicted octanol–water partition coefficient (Wildman–Crippen LogP) is 2.98. The van der Waals surface area contributed by atoms with Crippen molar-refractivity contribution in [2.24, 2.45) is 0 Å². The molecule has 3 heterocycles. The zero-order valence-electron chi connectivity index (χ0n) is 12.7. The van der Waals surface area contributed by atoms with Crippen LogP contribution in [-0.2, 0) is 6.54 Å². The van der Waals surface area contributed by atoms with Crippen molar-refractivity contribution in [3.63, 3.8) is 0 Å². The number of hydrogen-bond donors (Lipinski definition) is 1. The van der Waals surface area contributed by atoms with Crippen LogP contribution in [0.5, 0.6) is 5.75 Å². The number of nitrogens with zero attached hydrogens (tertiary/aromatic N) is 2. The van der Waals surface area contributed by atoms with Gasteiger partial charge >= 0.3 is 0 Å². The van der Waals surface area contributed by atoms with Crippen molar-refractivity contribution in [1.29, 1.82) is 0 Å². The van der Waals surface area contributed by atoms with E-state index in [1.807, 2.05) is 18.2 Å². The molecular formula is C17H17N3O3. The van der Waals surface area contributed by atoms with E-state index >= 15 is 0 Å². The average molecular weight is 311 g/mol. The van der Waals surface area contributed by atoms with Gasteiger partial charge in [0.2, 0.25) is 11.7 Å². The molecule has 0 fully saturated rings. The summed E-state index contributed by atoms with van der Waals surface area (Å²) in [6, 6.07) is 12.0. The Morgan fingerprint density at radius 3 is 3.04 bits per heavy atom. The second-order valence-electron chi connectivity index (χ2n) is 5.61. The van der Waals surface area contributed by atoms with E-state index in [-0.39, 0.29) is 6.04 Å². The molecule has 1 aliphatic rings. The minimum absolute atomic E-state index is 0.234. The molecule has 0 radical (unpaired) electrons. The smallest absolute Gasteiger partial charge is 0.241 e. The van der Waals surface area contributed by atoms with Gasteiger partial charge in [-0.05, 0) is 25.1 Å². The summed E-state index contributed by atoms with van der Waals surface area (Å²) in [7, 11) is 0. The van der Waals surface area contributed by atoms with Gasteiger partial charge < -0.3 is 19.0 Å². The summed E-state index contributed by atoms with van der Waals surface area (Å²) in [5.41, 5.74) is 1.24. The van der Waals surface area contributed by atoms with E-state index in [0.29, 0.717) is 36.5 Å². The van der Waals surface area contributed by atoms with Gasteiger partial charge in [0.15, 0.2) is 5.76 Å². The van der Waals surface area contributed by atoms with Crippen LogP contribution in [0.2, 0.25) is 0 Å². The SMILES string of the molecule is CC(NCc1nc(-c2ccco2)no1)C1COc2ccccc21. The Labute approximate surface area is 133 Å². The van der Waals surface area contributed by atoms with Crippen molar-refractivity contribution >= 4 is 0 Å². The quantitative estimate of drug-likeness (QED) is 0.781. The Morgan fingerprint density at radius 2 is 2.17 bits per heavy atom. The molecule has 1 aromatic carbocycles. The third-order valence-electron chi connectivity index (χ3n) is 4.13. The third-order valence-corrected chi connectivity index (χ3v) is 4.13. The van der Waals surface area contributed by atoms with Crippen molar-refractivity contribution in [3.05, 3.63) is 54.1 Å². The Bertz CT molecular complexity index is 782. The standard InChI is InChI=1S/C17H17N3O3/c1-11(13-10-22-14-6-3-2-5-12(13)14)18-9-16-19-17(20-23-16)15-7-4-8-21-15/h2-8,11,13,18H,9-10H2,1H3. The maximum absolute atomic E-state index is 5.73. The third kappa shape index (κ3) is 2.73. The summed E-state index contributed by atoms with van der Waals surface area (Å²) in [5.74, 6) is 2.90. The molecular weight excluding hydrogens is 294 g/mol. The lowest BCUT2D eigenvalue weighted by Gasteiger charge is -2.18. The molecule has 2 atom stereocenters. The minimum Gasteiger partial charge on any atom is -0.493 e. The molecule has 23 heavy (non-hydrogen) atoms. The van der Waals surface area contributed by atoms with Crippen LogP contribution >= 0.6 is 0 Å². The van der Waals surface area contributed by atoms with E-state index < -0.39 is 0 Å². The monoisotopic (exact) mass is 311 g/mol. The number of fused-ring (bicyclic) bond motifs is 1. The molecule has 0 spiro atoms. The summed E-state index contributed by atoms with van der Waals surface area (Å²) in [6.45, 7) is 3.34. The highest BCUT2D eigenvalue weighted by Gasteiger charge is 2.28. The van der Waals surface area contributed by atoms with E-state index in [4.69, 9.17) is 13.7 Å². The molecule has 3 aromatic rings. The predicted molar refractivity (Wildman–Crippen MR) is 83.0 cm³/mol. The highest BCUT2D eigenvalue weighted by atomic mass is 16.5. The fourth-order valence-electron chi connectivity index (χ4n) is 2.82. The summed E-state index contributed by atoms with van der Waals surface area (Å²) < 4.78 is 16.2. The topological polar surface area (TPSA) is 73.3 Å². The normalized spacial score (nSPS) is 17.7. The van der Waals surface area contributed by atoms with Gasteiger partial charge in [0.25, 0.3) is 0 Å². The Hall–Kier alpha value is -2.60. The Morgan fingerprint density at radius 1 is 1.26 bits per heavy atom. The number of hydrogen-bond acceptors (Lipinski definition) is 6. The molecule has 0 saturated heterocycles. The van der Waals surface area contributed by atoms with Crippen molar-refractivity contribution in [2.45, 2.75) is 25.4 Å². The van der Waals surface area contributed by atoms with Crippen LogP contribution in [0.1, 0.15) is 24.3 Å². The van der Waals surface area contributed by atoms with Gasteiger partial charge in [0.05, 0.1) is 19.4 Å². The number of para-hydroxylation sites is 1. The molecule has 2 aromatic heterocycles. The summed E-state index contributed by atoms with van der Waals surface area (Å²) in [6.07, 6.45) is 1.59. The zero-order valence-corrected chi connectivity index (χ0v) is 12.7. The first kappa shape index (κ1) is 14.0. The molecule has 0 amide bonds. The van der Waals surface area contributed by atoms with Crippen molar-refractivity contribution in [2.75, 3.05) is 6.61 Å². The van der Waals surface area contributed by atoms with Crippen molar-refractivity contribution in [1.82, 2.24) is 15.5 Å². The molecule has 0 saturated carbocycles. The maximum Gasteiger partial charge on any atom is 0.241 e. The van der Waals surface area contributed by atoms with Crippen LogP contribution in [0.4, 0.5) is 0 Å². The number of furan rings is 1. The lowest BCUT2D eigenvalue weighted by atomic mass is 9.94. The van der Waals surface area contributed by atoms with Gasteiger partial charge in [-0.25, -0.2) is 0 Å². The van der Waals surface area contributed by atoms with Crippen LogP contribution in [0.25, 0.3) is 11.6 Å². The first-order valence-corrected chi connectivity index (χ1v) is 7.63. The fraction of sp³-hybridized carbons (Fsp3) is 0.294. The first-order chi connectivity index (χ1) is 11.3. The summed E-state index contributed by atoms with van der Waals surface area (Å²) in [4.78, 5) is 4.33. The van der Waals surface area contributed by atoms with Crippen LogP contribution < -0.4 is 10.1 Å². The number of rotatable bonds is 5. The van der Waals surface area contributed by atoms with Gasteiger partial charge in [0, 0.05) is 17.5 Å². The molecule has 1 aliphatic heterocycles. The van der Waals surface area contributed by atoms with Crippen LogP contribution in [0.15, 0.2) is 51.6 Å². The number of benzene rings is 1. The van der Waals surface area contributed by atoms with Crippen LogP contribution in [0.3, 0.4) is 0 Å². The average Bonchev–Trinajstić information content (AvgIpc) is 3.31. The van der Waals surface area contributed by atoms with Crippen molar-refractivity contribution in [3.8, 4) is 17.3 Å². The van der Waals surface area contributed by atoms with E-state index in [1.165, 1.54) is 5.56 Å². The van der Waals surface area contributed by atoms with Gasteiger partial charge in [-0.3, -0.25) is 0 Å². The fourth-order valence-corrected chi connectivity index (χ4v) is 2.82. The molecule has 118 valence electrons. The number of ether oxygens (including phenoxy) is 1. The zero-order chi connectivity index (χ0) is 15.6. The second-order valence-corrected chi connectivity index (χ2v) is 5.61. The Balaban J connectivity index is 1.40. The molecule has 6 nitrogen and oxygen atoms in total. The van der Waals surface area contributed by atoms with Crippen LogP contribution in [-0.4, -0.2) is 22.8 Å². The summed E-state index contributed by atoms with van der Waals surface area (Å²) in [5, 5.41) is 7.36. The molecule has 0 aliphatic carbocycles. The van der Waals surface area contributed by atoms with Gasteiger partial charge in [-0.1, -0.05) is 23.4 Å². The highest BCUT2D eigenvalue weighted by Crippen LogP contribution is 2.35. The van der Waals surface area contributed by atoms with Gasteiger partial charge in [0.1, 0.15) is 5.75 Å². The van der Waals surface area contributed by atoms with Crippen molar-refractivity contribution < 1.29 is 13.7 Å². The maximum atomic E-state index is 5.73. The van der Waals surface area contributed by atoms with E-state index in [9.17, 15) is 0 Å². The molecule has 4 rings (SSSR count). The molecule has 2 unspecified atom stereocenters. The molecule has 1 N–H and O–H groups in total. The molecule has 6 heteroatoms. The second kappa shape index (κ2) is 5.89. The van der Waals surface area contributed by atoms with Gasteiger partial charge in [-0.15, -0.1) is 0 Å². The lowest BCUT2D eigenvalue weighted by molar-refractivity contribution is 0.295. The molecule has 0 bridgehead atoms. The van der Waals surface area contributed by atoms with E-state index in [2.05, 4.69) is 28.4 Å². The van der Waals surface area contributed by atoms with Gasteiger partial charge in [-0.2, -0.15) is 4.98 Å². The van der Waals surface area contributed by atoms with E-state index in [1.54, 1.807) is 18.4 Å². The Kier molecular flexibility index (Phi) is 3.59. The highest BCUT2D eigenvalue weighted by molar-refractivity contribution is 5.44. The largest absolute Gasteiger partial charge is 0.493 e. The first-order valence-electron chi connectivity index (χ1n) is 7.63. The van der Waals surface area contributed by atoms with E-state index in [0.717, 1.165) is 5.75 Å². The number of nitrogens with one attached hydrogen (secondary N) is 1. The minimum atomic E-state index is 0.234. The lowest BCUT2D eigenvalue weighted by Crippen LogP contribution is -2.32. The number of aromatic nitrogens is 2. The van der Waals surface area contributed by atoms with Crippen LogP contribution in [0, 0.1) is 0 Å².